The quantitative estimate of drug-likeness (QED) is 0.521. The molecule has 2 aromatic carbocycles. The van der Waals surface area contributed by atoms with Crippen molar-refractivity contribution in [2.45, 2.75) is 69.8 Å². The molecule has 3 rings (SSSR count). The van der Waals surface area contributed by atoms with Crippen LogP contribution in [0.25, 0.3) is 0 Å². The first-order chi connectivity index (χ1) is 16.2. The molecule has 7 nitrogen and oxygen atoms in total. The smallest absolute Gasteiger partial charge is 0.225 e. The Morgan fingerprint density at radius 1 is 0.853 bits per heavy atom. The van der Waals surface area contributed by atoms with Crippen LogP contribution >= 0.6 is 0 Å². The van der Waals surface area contributed by atoms with Gasteiger partial charge in [0.05, 0.1) is 12.5 Å². The zero-order chi connectivity index (χ0) is 24.7. The highest BCUT2D eigenvalue weighted by Crippen LogP contribution is 2.20. The van der Waals surface area contributed by atoms with Crippen molar-refractivity contribution in [3.05, 3.63) is 71.8 Å². The number of aliphatic hydroxyl groups excluding tert-OH is 1. The van der Waals surface area contributed by atoms with Crippen LogP contribution in [0.3, 0.4) is 0 Å². The lowest BCUT2D eigenvalue weighted by Crippen LogP contribution is -2.60. The molecule has 5 N–H and O–H groups in total. The molecule has 0 radical (unpaired) electrons. The Hall–Kier alpha value is -2.74. The summed E-state index contributed by atoms with van der Waals surface area (Å²) in [5, 5.41) is 10.5. The van der Waals surface area contributed by atoms with E-state index in [1.54, 1.807) is 4.90 Å². The highest BCUT2D eigenvalue weighted by Gasteiger charge is 2.35. The van der Waals surface area contributed by atoms with Gasteiger partial charge in [0, 0.05) is 43.7 Å². The van der Waals surface area contributed by atoms with Gasteiger partial charge in [0.1, 0.15) is 0 Å². The monoisotopic (exact) mass is 466 g/mol. The summed E-state index contributed by atoms with van der Waals surface area (Å²) in [4.78, 5) is 29.5. The standard InChI is InChI=1S/C27H38N4O3/c1-19-17-30(26(33)16-25(32)24(29)14-22-11-7-4-8-12-22)18-20(2)31(19)27(34)15-23(28)13-21-9-5-3-6-10-21/h3-12,19-20,23-25,32H,13-18,28-29H2,1-2H3/t19-,20+,23?,24?,25?. The zero-order valence-electron chi connectivity index (χ0n) is 20.2. The van der Waals surface area contributed by atoms with E-state index in [0.717, 1.165) is 11.1 Å². The van der Waals surface area contributed by atoms with Gasteiger partial charge >= 0.3 is 0 Å². The van der Waals surface area contributed by atoms with Crippen molar-refractivity contribution in [2.75, 3.05) is 13.1 Å². The lowest BCUT2D eigenvalue weighted by atomic mass is 9.98. The molecule has 1 heterocycles. The van der Waals surface area contributed by atoms with Crippen LogP contribution in [0.2, 0.25) is 0 Å². The first kappa shape index (κ1) is 25.9. The zero-order valence-corrected chi connectivity index (χ0v) is 20.2. The first-order valence-corrected chi connectivity index (χ1v) is 12.1. The van der Waals surface area contributed by atoms with Gasteiger partial charge in [0.15, 0.2) is 0 Å². The van der Waals surface area contributed by atoms with Crippen molar-refractivity contribution < 1.29 is 14.7 Å². The second-order valence-corrected chi connectivity index (χ2v) is 9.58. The van der Waals surface area contributed by atoms with Gasteiger partial charge in [-0.2, -0.15) is 0 Å². The number of carbonyl (C=O) groups is 2. The largest absolute Gasteiger partial charge is 0.391 e. The molecular formula is C27H38N4O3. The summed E-state index contributed by atoms with van der Waals surface area (Å²) in [6, 6.07) is 18.6. The van der Waals surface area contributed by atoms with Crippen molar-refractivity contribution >= 4 is 11.8 Å². The highest BCUT2D eigenvalue weighted by atomic mass is 16.3. The van der Waals surface area contributed by atoms with Gasteiger partial charge in [-0.15, -0.1) is 0 Å². The second-order valence-electron chi connectivity index (χ2n) is 9.58. The Morgan fingerprint density at radius 2 is 1.35 bits per heavy atom. The Bertz CT molecular complexity index is 912. The lowest BCUT2D eigenvalue weighted by Gasteiger charge is -2.45. The summed E-state index contributed by atoms with van der Waals surface area (Å²) in [7, 11) is 0. The molecule has 1 aliphatic heterocycles. The molecule has 0 aliphatic carbocycles. The maximum atomic E-state index is 13.0. The Kier molecular flexibility index (Phi) is 9.21. The number of benzene rings is 2. The minimum absolute atomic E-state index is 0.0143. The molecule has 7 heteroatoms. The predicted molar refractivity (Wildman–Crippen MR) is 134 cm³/mol. The average Bonchev–Trinajstić information content (AvgIpc) is 2.79. The summed E-state index contributed by atoms with van der Waals surface area (Å²) >= 11 is 0. The summed E-state index contributed by atoms with van der Waals surface area (Å²) < 4.78 is 0. The fraction of sp³-hybridized carbons (Fsp3) is 0.481. The Labute approximate surface area is 202 Å². The second kappa shape index (κ2) is 12.1. The SMILES string of the molecule is C[C@@H]1CN(C(=O)CC(O)C(N)Cc2ccccc2)C[C@H](C)N1C(=O)CC(N)Cc1ccccc1. The normalized spacial score (nSPS) is 21.1. The van der Waals surface area contributed by atoms with E-state index in [1.807, 2.05) is 79.4 Å². The van der Waals surface area contributed by atoms with E-state index in [1.165, 1.54) is 0 Å². The van der Waals surface area contributed by atoms with Gasteiger partial charge < -0.3 is 26.4 Å². The molecule has 5 atom stereocenters. The highest BCUT2D eigenvalue weighted by molar-refractivity contribution is 5.80. The third-order valence-electron chi connectivity index (χ3n) is 6.53. The van der Waals surface area contributed by atoms with Crippen molar-refractivity contribution in [3.63, 3.8) is 0 Å². The number of amides is 2. The number of nitrogens with two attached hydrogens (primary N) is 2. The molecule has 2 aromatic rings. The number of hydrogen-bond acceptors (Lipinski definition) is 5. The van der Waals surface area contributed by atoms with Crippen LogP contribution in [-0.2, 0) is 22.4 Å². The number of nitrogens with zero attached hydrogens (tertiary/aromatic N) is 2. The van der Waals surface area contributed by atoms with Crippen LogP contribution in [-0.4, -0.2) is 70.1 Å². The van der Waals surface area contributed by atoms with Gasteiger partial charge in [0.2, 0.25) is 11.8 Å². The first-order valence-electron chi connectivity index (χ1n) is 12.1. The molecular weight excluding hydrogens is 428 g/mol. The van der Waals surface area contributed by atoms with Gasteiger partial charge in [-0.25, -0.2) is 0 Å². The summed E-state index contributed by atoms with van der Waals surface area (Å²) in [6.07, 6.45) is 0.477. The number of carbonyl (C=O) groups excluding carboxylic acids is 2. The fourth-order valence-electron chi connectivity index (χ4n) is 4.82. The number of aliphatic hydroxyl groups is 1. The fourth-order valence-corrected chi connectivity index (χ4v) is 4.82. The van der Waals surface area contributed by atoms with E-state index in [2.05, 4.69) is 0 Å². The van der Waals surface area contributed by atoms with Gasteiger partial charge in [-0.3, -0.25) is 9.59 Å². The summed E-state index contributed by atoms with van der Waals surface area (Å²) in [6.45, 7) is 4.77. The molecule has 184 valence electrons. The maximum Gasteiger partial charge on any atom is 0.225 e. The molecule has 2 amide bonds. The van der Waals surface area contributed by atoms with E-state index >= 15 is 0 Å². The molecule has 0 spiro atoms. The van der Waals surface area contributed by atoms with Gasteiger partial charge in [0.25, 0.3) is 0 Å². The van der Waals surface area contributed by atoms with Crippen molar-refractivity contribution in [1.82, 2.24) is 9.80 Å². The summed E-state index contributed by atoms with van der Waals surface area (Å²) in [5.41, 5.74) is 14.6. The van der Waals surface area contributed by atoms with Crippen molar-refractivity contribution in [3.8, 4) is 0 Å². The van der Waals surface area contributed by atoms with Crippen molar-refractivity contribution in [1.29, 1.82) is 0 Å². The topological polar surface area (TPSA) is 113 Å². The number of rotatable bonds is 9. The molecule has 0 aromatic heterocycles. The van der Waals surface area contributed by atoms with Gasteiger partial charge in [-0.05, 0) is 37.8 Å². The number of hydrogen-bond donors (Lipinski definition) is 3. The third kappa shape index (κ3) is 7.13. The van der Waals surface area contributed by atoms with Crippen LogP contribution in [0.15, 0.2) is 60.7 Å². The predicted octanol–water partition coefficient (Wildman–Crippen LogP) is 1.72. The lowest BCUT2D eigenvalue weighted by molar-refractivity contribution is -0.147. The van der Waals surface area contributed by atoms with Crippen molar-refractivity contribution in [2.24, 2.45) is 11.5 Å². The van der Waals surface area contributed by atoms with E-state index in [9.17, 15) is 14.7 Å². The molecule has 3 unspecified atom stereocenters. The average molecular weight is 467 g/mol. The summed E-state index contributed by atoms with van der Waals surface area (Å²) in [5.74, 6) is -0.122. The minimum atomic E-state index is -0.922. The van der Waals surface area contributed by atoms with Gasteiger partial charge in [-0.1, -0.05) is 60.7 Å². The van der Waals surface area contributed by atoms with E-state index in [0.29, 0.717) is 25.9 Å². The Balaban J connectivity index is 1.50. The molecule has 1 saturated heterocycles. The molecule has 1 aliphatic rings. The van der Waals surface area contributed by atoms with Crippen LogP contribution in [0.4, 0.5) is 0 Å². The maximum absolute atomic E-state index is 13.0. The van der Waals surface area contributed by atoms with Crippen LogP contribution in [0.1, 0.15) is 37.8 Å². The molecule has 34 heavy (non-hydrogen) atoms. The van der Waals surface area contributed by atoms with E-state index < -0.39 is 12.1 Å². The van der Waals surface area contributed by atoms with Crippen LogP contribution in [0.5, 0.6) is 0 Å². The molecule has 1 fully saturated rings. The minimum Gasteiger partial charge on any atom is -0.391 e. The Morgan fingerprint density at radius 3 is 1.88 bits per heavy atom. The third-order valence-corrected chi connectivity index (χ3v) is 6.53. The van der Waals surface area contributed by atoms with E-state index in [-0.39, 0.29) is 42.8 Å². The molecule has 0 saturated carbocycles. The van der Waals surface area contributed by atoms with Crippen LogP contribution < -0.4 is 11.5 Å². The molecule has 0 bridgehead atoms. The number of piperazine rings is 1. The van der Waals surface area contributed by atoms with Crippen LogP contribution in [0, 0.1) is 0 Å². The van der Waals surface area contributed by atoms with E-state index in [4.69, 9.17) is 11.5 Å².